The number of carbonyl (C=O) groups is 2. The lowest BCUT2D eigenvalue weighted by atomic mass is 10.1. The highest BCUT2D eigenvalue weighted by Crippen LogP contribution is 2.36. The Morgan fingerprint density at radius 1 is 0.955 bits per heavy atom. The van der Waals surface area contributed by atoms with Gasteiger partial charge >= 0.3 is 5.97 Å². The van der Waals surface area contributed by atoms with Gasteiger partial charge < -0.3 is 14.1 Å². The van der Waals surface area contributed by atoms with Crippen LogP contribution in [0.15, 0.2) is 116 Å². The normalized spacial score (nSPS) is 14.6. The SMILES string of the molecule is COC(=O)C1=C(C)N(c2ccc(Br)cc2)/C(=C/c2ccc(CN(Cc3ccc(C)cc3)S(=O)(=O)c3ccc(Cl)cc3)o2)C1=O. The van der Waals surface area contributed by atoms with Crippen molar-refractivity contribution < 1.29 is 27.2 Å². The second-order valence-electron chi connectivity index (χ2n) is 10.1. The fraction of sp³-hybridized carbons (Fsp3) is 0.152. The summed E-state index contributed by atoms with van der Waals surface area (Å²) < 4.78 is 40.7. The van der Waals surface area contributed by atoms with Gasteiger partial charge in [0.2, 0.25) is 15.8 Å². The van der Waals surface area contributed by atoms with E-state index >= 15 is 0 Å². The van der Waals surface area contributed by atoms with Gasteiger partial charge in [0.1, 0.15) is 17.1 Å². The largest absolute Gasteiger partial charge is 0.465 e. The number of ketones is 1. The highest BCUT2D eigenvalue weighted by molar-refractivity contribution is 9.10. The molecule has 11 heteroatoms. The molecule has 226 valence electrons. The number of benzene rings is 3. The van der Waals surface area contributed by atoms with Crippen LogP contribution in [-0.4, -0.2) is 31.6 Å². The van der Waals surface area contributed by atoms with Crippen molar-refractivity contribution in [1.82, 2.24) is 4.31 Å². The van der Waals surface area contributed by atoms with Gasteiger partial charge in [0.15, 0.2) is 0 Å². The molecule has 8 nitrogen and oxygen atoms in total. The van der Waals surface area contributed by atoms with E-state index in [0.29, 0.717) is 27.9 Å². The van der Waals surface area contributed by atoms with Gasteiger partial charge in [-0.1, -0.05) is 57.4 Å². The third-order valence-electron chi connectivity index (χ3n) is 7.10. The molecule has 0 unspecified atom stereocenters. The molecule has 0 saturated carbocycles. The summed E-state index contributed by atoms with van der Waals surface area (Å²) in [5.74, 6) is -0.581. The monoisotopic (exact) mass is 694 g/mol. The molecule has 4 aromatic rings. The van der Waals surface area contributed by atoms with E-state index in [4.69, 9.17) is 20.8 Å². The number of sulfonamides is 1. The van der Waals surface area contributed by atoms with Crippen molar-refractivity contribution >= 4 is 61.1 Å². The van der Waals surface area contributed by atoms with Crippen LogP contribution in [0.2, 0.25) is 5.02 Å². The van der Waals surface area contributed by atoms with Crippen LogP contribution in [0.3, 0.4) is 0 Å². The first kappa shape index (κ1) is 31.5. The summed E-state index contributed by atoms with van der Waals surface area (Å²) in [5.41, 5.74) is 3.06. The molecule has 5 rings (SSSR count). The van der Waals surface area contributed by atoms with Gasteiger partial charge in [-0.15, -0.1) is 0 Å². The predicted octanol–water partition coefficient (Wildman–Crippen LogP) is 7.27. The quantitative estimate of drug-likeness (QED) is 0.103. The second kappa shape index (κ2) is 13.0. The van der Waals surface area contributed by atoms with Gasteiger partial charge in [-0.05, 0) is 80.1 Å². The minimum absolute atomic E-state index is 0.0724. The number of aryl methyl sites for hydroxylation is 1. The van der Waals surface area contributed by atoms with Crippen LogP contribution >= 0.6 is 27.5 Å². The summed E-state index contributed by atoms with van der Waals surface area (Å²) in [6, 6.07) is 24.2. The van der Waals surface area contributed by atoms with Crippen LogP contribution in [-0.2, 0) is 37.4 Å². The molecule has 0 saturated heterocycles. The van der Waals surface area contributed by atoms with Crippen molar-refractivity contribution in [3.05, 3.63) is 134 Å². The number of methoxy groups -OCH3 is 1. The first-order valence-corrected chi connectivity index (χ1v) is 16.1. The van der Waals surface area contributed by atoms with E-state index in [1.165, 1.54) is 41.8 Å². The number of rotatable bonds is 9. The zero-order valence-electron chi connectivity index (χ0n) is 24.1. The number of anilines is 1. The lowest BCUT2D eigenvalue weighted by molar-refractivity contribution is -0.137. The number of carbonyl (C=O) groups excluding carboxylic acids is 2. The average molecular weight is 696 g/mol. The summed E-state index contributed by atoms with van der Waals surface area (Å²) in [4.78, 5) is 27.8. The molecule has 0 aliphatic carbocycles. The van der Waals surface area contributed by atoms with Crippen molar-refractivity contribution in [3.8, 4) is 0 Å². The first-order valence-electron chi connectivity index (χ1n) is 13.5. The van der Waals surface area contributed by atoms with Gasteiger partial charge in [0.25, 0.3) is 0 Å². The van der Waals surface area contributed by atoms with Gasteiger partial charge in [-0.2, -0.15) is 4.31 Å². The molecule has 0 atom stereocenters. The topological polar surface area (TPSA) is 97.1 Å². The molecular weight excluding hydrogens is 668 g/mol. The van der Waals surface area contributed by atoms with E-state index in [2.05, 4.69) is 15.9 Å². The highest BCUT2D eigenvalue weighted by atomic mass is 79.9. The van der Waals surface area contributed by atoms with Gasteiger partial charge in [0.05, 0.1) is 24.2 Å². The van der Waals surface area contributed by atoms with Crippen LogP contribution in [0.4, 0.5) is 5.69 Å². The molecule has 0 N–H and O–H groups in total. The maximum atomic E-state index is 13.8. The molecular formula is C33H28BrClN2O6S. The minimum Gasteiger partial charge on any atom is -0.465 e. The first-order chi connectivity index (χ1) is 21.0. The highest BCUT2D eigenvalue weighted by Gasteiger charge is 2.38. The van der Waals surface area contributed by atoms with Crippen molar-refractivity contribution in [2.75, 3.05) is 12.0 Å². The van der Waals surface area contributed by atoms with Crippen molar-refractivity contribution in [3.63, 3.8) is 0 Å². The van der Waals surface area contributed by atoms with E-state index < -0.39 is 21.8 Å². The number of esters is 1. The zero-order chi connectivity index (χ0) is 31.6. The van der Waals surface area contributed by atoms with Gasteiger partial charge in [0, 0.05) is 33.5 Å². The molecule has 3 aromatic carbocycles. The maximum absolute atomic E-state index is 13.8. The van der Waals surface area contributed by atoms with Crippen molar-refractivity contribution in [1.29, 1.82) is 0 Å². The van der Waals surface area contributed by atoms with Crippen LogP contribution in [0.1, 0.15) is 29.6 Å². The number of hydrogen-bond acceptors (Lipinski definition) is 7. The van der Waals surface area contributed by atoms with Crippen molar-refractivity contribution in [2.45, 2.75) is 31.8 Å². The standard InChI is InChI=1S/C33H28BrClN2O6S/c1-21-4-6-23(7-5-21)19-36(44(40,41)29-16-10-25(35)11-17-29)20-28-15-14-27(43-28)18-30-32(38)31(33(39)42-3)22(2)37(30)26-12-8-24(34)9-13-26/h4-18H,19-20H2,1-3H3/b30-18+. The number of ether oxygens (including phenoxy) is 1. The molecule has 1 aromatic heterocycles. The van der Waals surface area contributed by atoms with E-state index in [9.17, 15) is 18.0 Å². The number of allylic oxidation sites excluding steroid dienone is 2. The molecule has 0 bridgehead atoms. The minimum atomic E-state index is -3.95. The van der Waals surface area contributed by atoms with E-state index in [1.54, 1.807) is 24.0 Å². The Morgan fingerprint density at radius 2 is 1.61 bits per heavy atom. The number of halogens is 2. The molecule has 1 aliphatic rings. The maximum Gasteiger partial charge on any atom is 0.343 e. The predicted molar refractivity (Wildman–Crippen MR) is 172 cm³/mol. The summed E-state index contributed by atoms with van der Waals surface area (Å²) >= 11 is 9.43. The van der Waals surface area contributed by atoms with Gasteiger partial charge in [-0.3, -0.25) is 4.79 Å². The number of furan rings is 1. The van der Waals surface area contributed by atoms with Gasteiger partial charge in [-0.25, -0.2) is 13.2 Å². The third-order valence-corrected chi connectivity index (χ3v) is 9.68. The molecule has 0 amide bonds. The Balaban J connectivity index is 1.49. The molecule has 2 heterocycles. The Hall–Kier alpha value is -3.96. The fourth-order valence-electron chi connectivity index (χ4n) is 4.83. The molecule has 1 aliphatic heterocycles. The van der Waals surface area contributed by atoms with E-state index in [-0.39, 0.29) is 29.3 Å². The average Bonchev–Trinajstić information content (AvgIpc) is 3.54. The van der Waals surface area contributed by atoms with Crippen LogP contribution < -0.4 is 4.90 Å². The number of nitrogens with zero attached hydrogens (tertiary/aromatic N) is 2. The van der Waals surface area contributed by atoms with Crippen LogP contribution in [0, 0.1) is 6.92 Å². The molecule has 0 fully saturated rings. The fourth-order valence-corrected chi connectivity index (χ4v) is 6.61. The van der Waals surface area contributed by atoms with E-state index in [0.717, 1.165) is 15.6 Å². The number of hydrogen-bond donors (Lipinski definition) is 0. The summed E-state index contributed by atoms with van der Waals surface area (Å²) in [6.07, 6.45) is 1.53. The lowest BCUT2D eigenvalue weighted by Gasteiger charge is -2.22. The van der Waals surface area contributed by atoms with E-state index in [1.807, 2.05) is 55.5 Å². The zero-order valence-corrected chi connectivity index (χ0v) is 27.2. The Labute approximate surface area is 269 Å². The molecule has 44 heavy (non-hydrogen) atoms. The summed E-state index contributed by atoms with van der Waals surface area (Å²) in [6.45, 7) is 3.66. The Morgan fingerprint density at radius 3 is 2.25 bits per heavy atom. The second-order valence-corrected chi connectivity index (χ2v) is 13.4. The van der Waals surface area contributed by atoms with Crippen LogP contribution in [0.5, 0.6) is 0 Å². The lowest BCUT2D eigenvalue weighted by Crippen LogP contribution is -2.30. The Kier molecular flexibility index (Phi) is 9.26. The summed E-state index contributed by atoms with van der Waals surface area (Å²) in [5, 5.41) is 0.427. The molecule has 0 spiro atoms. The smallest absolute Gasteiger partial charge is 0.343 e. The number of Topliss-reactive ketones (excluding diaryl/α,β-unsaturated/α-hetero) is 1. The third kappa shape index (κ3) is 6.58. The van der Waals surface area contributed by atoms with Crippen LogP contribution in [0.25, 0.3) is 6.08 Å². The Bertz CT molecular complexity index is 1880. The molecule has 0 radical (unpaired) electrons. The summed E-state index contributed by atoms with van der Waals surface area (Å²) in [7, 11) is -2.72. The van der Waals surface area contributed by atoms with Crippen molar-refractivity contribution in [2.24, 2.45) is 0 Å².